The van der Waals surface area contributed by atoms with Crippen LogP contribution in [0, 0.1) is 5.92 Å². The first-order chi connectivity index (χ1) is 7.88. The molecule has 1 aromatic rings. The number of ether oxygens (including phenoxy) is 1. The fourth-order valence-electron chi connectivity index (χ4n) is 1.77. The highest BCUT2D eigenvalue weighted by atomic mass is 32.2. The van der Waals surface area contributed by atoms with Gasteiger partial charge < -0.3 is 10.1 Å². The van der Waals surface area contributed by atoms with Gasteiger partial charge in [-0.25, -0.2) is 9.97 Å². The van der Waals surface area contributed by atoms with Crippen LogP contribution in [0.3, 0.4) is 0 Å². The topological polar surface area (TPSA) is 47.0 Å². The van der Waals surface area contributed by atoms with E-state index in [1.165, 1.54) is 12.8 Å². The van der Waals surface area contributed by atoms with Crippen molar-refractivity contribution in [3.63, 3.8) is 0 Å². The maximum atomic E-state index is 5.44. The fraction of sp³-hybridized carbons (Fsp3) is 0.636. The van der Waals surface area contributed by atoms with E-state index in [9.17, 15) is 0 Å². The smallest absolute Gasteiger partial charge is 0.130 e. The summed E-state index contributed by atoms with van der Waals surface area (Å²) in [7, 11) is 0. The minimum Gasteiger partial charge on any atom is -0.381 e. The van der Waals surface area contributed by atoms with Gasteiger partial charge in [-0.05, 0) is 25.0 Å². The molecule has 0 aliphatic carbocycles. The molecule has 0 bridgehead atoms. The van der Waals surface area contributed by atoms with E-state index < -0.39 is 0 Å². The SMILES string of the molecule is CSc1cc(NCC2CCCOC2)ncn1. The normalized spacial score (nSPS) is 20.7. The van der Waals surface area contributed by atoms with Crippen molar-refractivity contribution < 1.29 is 4.74 Å². The van der Waals surface area contributed by atoms with Crippen LogP contribution in [0.15, 0.2) is 17.4 Å². The molecule has 2 heterocycles. The number of anilines is 1. The number of hydrogen-bond acceptors (Lipinski definition) is 5. The molecule has 1 aliphatic heterocycles. The van der Waals surface area contributed by atoms with E-state index in [2.05, 4.69) is 15.3 Å². The number of hydrogen-bond donors (Lipinski definition) is 1. The molecule has 0 spiro atoms. The maximum absolute atomic E-state index is 5.44. The molecule has 1 aromatic heterocycles. The Balaban J connectivity index is 1.83. The Kier molecular flexibility index (Phi) is 4.42. The van der Waals surface area contributed by atoms with Crippen molar-refractivity contribution in [3.05, 3.63) is 12.4 Å². The van der Waals surface area contributed by atoms with Crippen LogP contribution in [0.2, 0.25) is 0 Å². The number of rotatable bonds is 4. The van der Waals surface area contributed by atoms with Gasteiger partial charge >= 0.3 is 0 Å². The van der Waals surface area contributed by atoms with Crippen LogP contribution in [-0.2, 0) is 4.74 Å². The average Bonchev–Trinajstić information content (AvgIpc) is 2.38. The van der Waals surface area contributed by atoms with Crippen molar-refractivity contribution in [3.8, 4) is 0 Å². The minimum atomic E-state index is 0.612. The van der Waals surface area contributed by atoms with Crippen LogP contribution < -0.4 is 5.32 Å². The molecule has 5 heteroatoms. The Labute approximate surface area is 100 Å². The monoisotopic (exact) mass is 239 g/mol. The third-order valence-corrected chi connectivity index (χ3v) is 3.32. The van der Waals surface area contributed by atoms with Gasteiger partial charge in [0.15, 0.2) is 0 Å². The molecular weight excluding hydrogens is 222 g/mol. The van der Waals surface area contributed by atoms with Crippen molar-refractivity contribution in [1.29, 1.82) is 0 Å². The molecule has 1 fully saturated rings. The maximum Gasteiger partial charge on any atom is 0.130 e. The van der Waals surface area contributed by atoms with Gasteiger partial charge in [-0.15, -0.1) is 11.8 Å². The molecule has 2 rings (SSSR count). The first kappa shape index (κ1) is 11.7. The predicted molar refractivity (Wildman–Crippen MR) is 65.8 cm³/mol. The Morgan fingerprint density at radius 1 is 1.56 bits per heavy atom. The molecule has 16 heavy (non-hydrogen) atoms. The van der Waals surface area contributed by atoms with Crippen LogP contribution in [0.25, 0.3) is 0 Å². The summed E-state index contributed by atoms with van der Waals surface area (Å²) in [4.78, 5) is 8.34. The van der Waals surface area contributed by atoms with Crippen LogP contribution >= 0.6 is 11.8 Å². The molecular formula is C11H17N3OS. The van der Waals surface area contributed by atoms with Crippen molar-refractivity contribution in [2.24, 2.45) is 5.92 Å². The second-order valence-corrected chi connectivity index (χ2v) is 4.74. The fourth-order valence-corrected chi connectivity index (χ4v) is 2.15. The summed E-state index contributed by atoms with van der Waals surface area (Å²) in [5, 5.41) is 4.34. The standard InChI is InChI=1S/C11H17N3OS/c1-16-11-5-10(13-8-14-11)12-6-9-3-2-4-15-7-9/h5,8-9H,2-4,6-7H2,1H3,(H,12,13,14). The Hall–Kier alpha value is -0.810. The molecule has 1 unspecified atom stereocenters. The summed E-state index contributed by atoms with van der Waals surface area (Å²) in [6.07, 6.45) is 6.03. The van der Waals surface area contributed by atoms with E-state index in [1.807, 2.05) is 12.3 Å². The van der Waals surface area contributed by atoms with E-state index in [0.717, 1.165) is 30.6 Å². The van der Waals surface area contributed by atoms with Crippen molar-refractivity contribution >= 4 is 17.6 Å². The number of nitrogens with zero attached hydrogens (tertiary/aromatic N) is 2. The molecule has 0 aromatic carbocycles. The van der Waals surface area contributed by atoms with Gasteiger partial charge in [0.1, 0.15) is 17.2 Å². The van der Waals surface area contributed by atoms with Crippen LogP contribution in [0.1, 0.15) is 12.8 Å². The molecule has 0 saturated carbocycles. The Morgan fingerprint density at radius 2 is 2.50 bits per heavy atom. The van der Waals surface area contributed by atoms with Crippen LogP contribution in [-0.4, -0.2) is 36.0 Å². The van der Waals surface area contributed by atoms with Gasteiger partial charge in [0.25, 0.3) is 0 Å². The quantitative estimate of drug-likeness (QED) is 0.643. The summed E-state index contributed by atoms with van der Waals surface area (Å²) in [5.74, 6) is 1.52. The van der Waals surface area contributed by atoms with Gasteiger partial charge in [-0.2, -0.15) is 0 Å². The zero-order valence-electron chi connectivity index (χ0n) is 9.48. The summed E-state index contributed by atoms with van der Waals surface area (Å²) in [6.45, 7) is 2.72. The summed E-state index contributed by atoms with van der Waals surface area (Å²) < 4.78 is 5.44. The van der Waals surface area contributed by atoms with E-state index in [0.29, 0.717) is 5.92 Å². The van der Waals surface area contributed by atoms with Crippen molar-refractivity contribution in [2.75, 3.05) is 31.3 Å². The van der Waals surface area contributed by atoms with Gasteiger partial charge in [-0.3, -0.25) is 0 Å². The molecule has 4 nitrogen and oxygen atoms in total. The molecule has 88 valence electrons. The molecule has 0 radical (unpaired) electrons. The van der Waals surface area contributed by atoms with Crippen molar-refractivity contribution in [2.45, 2.75) is 17.9 Å². The molecule has 1 atom stereocenters. The third kappa shape index (κ3) is 3.35. The molecule has 0 amide bonds. The molecule has 1 aliphatic rings. The van der Waals surface area contributed by atoms with Gasteiger partial charge in [0.2, 0.25) is 0 Å². The lowest BCUT2D eigenvalue weighted by Crippen LogP contribution is -2.24. The predicted octanol–water partition coefficient (Wildman–Crippen LogP) is 2.04. The molecule has 1 saturated heterocycles. The number of thioether (sulfide) groups is 1. The zero-order chi connectivity index (χ0) is 11.2. The average molecular weight is 239 g/mol. The second kappa shape index (κ2) is 6.06. The van der Waals surface area contributed by atoms with Crippen LogP contribution in [0.5, 0.6) is 0 Å². The number of nitrogens with one attached hydrogen (secondary N) is 1. The van der Waals surface area contributed by atoms with Gasteiger partial charge in [-0.1, -0.05) is 0 Å². The van der Waals surface area contributed by atoms with Gasteiger partial charge in [0.05, 0.1) is 6.61 Å². The summed E-state index contributed by atoms with van der Waals surface area (Å²) in [5.41, 5.74) is 0. The first-order valence-electron chi connectivity index (χ1n) is 5.56. The van der Waals surface area contributed by atoms with Gasteiger partial charge in [0, 0.05) is 19.2 Å². The highest BCUT2D eigenvalue weighted by molar-refractivity contribution is 7.98. The van der Waals surface area contributed by atoms with E-state index in [1.54, 1.807) is 18.1 Å². The number of aromatic nitrogens is 2. The summed E-state index contributed by atoms with van der Waals surface area (Å²) >= 11 is 1.63. The lowest BCUT2D eigenvalue weighted by atomic mass is 10.0. The largest absolute Gasteiger partial charge is 0.381 e. The Bertz CT molecular complexity index is 329. The van der Waals surface area contributed by atoms with Crippen molar-refractivity contribution in [1.82, 2.24) is 9.97 Å². The minimum absolute atomic E-state index is 0.612. The highest BCUT2D eigenvalue weighted by Gasteiger charge is 2.13. The third-order valence-electron chi connectivity index (χ3n) is 2.68. The second-order valence-electron chi connectivity index (χ2n) is 3.91. The van der Waals surface area contributed by atoms with E-state index in [4.69, 9.17) is 4.74 Å². The lowest BCUT2D eigenvalue weighted by molar-refractivity contribution is 0.0595. The van der Waals surface area contributed by atoms with Crippen LogP contribution in [0.4, 0.5) is 5.82 Å². The van der Waals surface area contributed by atoms with E-state index >= 15 is 0 Å². The summed E-state index contributed by atoms with van der Waals surface area (Å²) in [6, 6.07) is 1.98. The zero-order valence-corrected chi connectivity index (χ0v) is 10.3. The molecule has 1 N–H and O–H groups in total. The Morgan fingerprint density at radius 3 is 3.25 bits per heavy atom. The van der Waals surface area contributed by atoms with E-state index in [-0.39, 0.29) is 0 Å². The lowest BCUT2D eigenvalue weighted by Gasteiger charge is -2.22. The highest BCUT2D eigenvalue weighted by Crippen LogP contribution is 2.16. The first-order valence-corrected chi connectivity index (χ1v) is 6.78.